The topological polar surface area (TPSA) is 79.9 Å². The number of aryl methyl sites for hydroxylation is 1. The van der Waals surface area contributed by atoms with Crippen molar-refractivity contribution in [2.75, 3.05) is 11.9 Å². The van der Waals surface area contributed by atoms with Gasteiger partial charge in [-0.2, -0.15) is 4.98 Å². The van der Waals surface area contributed by atoms with Crippen LogP contribution in [0.25, 0.3) is 0 Å². The zero-order chi connectivity index (χ0) is 14.4. The van der Waals surface area contributed by atoms with Crippen LogP contribution in [0.5, 0.6) is 6.01 Å². The molecule has 1 aromatic heterocycles. The Hall–Kier alpha value is -1.89. The zero-order valence-corrected chi connectivity index (χ0v) is 12.6. The molecular weight excluding hydrogens is 324 g/mol. The molecule has 7 heteroatoms. The number of nitrogens with one attached hydrogen (secondary N) is 2. The number of nitrogens with zero attached hydrogens (tertiary/aromatic N) is 2. The Morgan fingerprint density at radius 1 is 1.50 bits per heavy atom. The van der Waals surface area contributed by atoms with Crippen LogP contribution in [0.3, 0.4) is 0 Å². The number of carbonyl (C=O) groups excluding carboxylic acids is 1. The lowest BCUT2D eigenvalue weighted by atomic mass is 10.1. The molecule has 106 valence electrons. The summed E-state index contributed by atoms with van der Waals surface area (Å²) in [6, 6.07) is 8.11. The minimum Gasteiger partial charge on any atom is -0.463 e. The molecule has 2 rings (SSSR count). The van der Waals surface area contributed by atoms with Gasteiger partial charge in [-0.25, -0.2) is 5.10 Å². The van der Waals surface area contributed by atoms with E-state index in [0.717, 1.165) is 10.0 Å². The Labute approximate surface area is 125 Å². The van der Waals surface area contributed by atoms with E-state index < -0.39 is 0 Å². The van der Waals surface area contributed by atoms with Gasteiger partial charge in [0.15, 0.2) is 0 Å². The first-order chi connectivity index (χ1) is 9.67. The number of carbonyl (C=O) groups is 1. The fourth-order valence-corrected chi connectivity index (χ4v) is 2.09. The van der Waals surface area contributed by atoms with Gasteiger partial charge in [0.2, 0.25) is 11.9 Å². The van der Waals surface area contributed by atoms with Crippen LogP contribution in [-0.2, 0) is 11.2 Å². The van der Waals surface area contributed by atoms with Gasteiger partial charge in [-0.05, 0) is 31.0 Å². The van der Waals surface area contributed by atoms with Crippen LogP contribution in [0, 0.1) is 0 Å². The standard InChI is InChI=1S/C13H15BrN4O2/c1-2-20-13-16-12(17-18-13)15-11(19)7-6-9-4-3-5-10(14)8-9/h3-5,8H,2,6-7H2,1H3,(H2,15,16,17,18,19). The normalized spacial score (nSPS) is 10.3. The van der Waals surface area contributed by atoms with E-state index in [9.17, 15) is 4.79 Å². The van der Waals surface area contributed by atoms with Gasteiger partial charge < -0.3 is 4.74 Å². The number of benzene rings is 1. The van der Waals surface area contributed by atoms with Gasteiger partial charge in [-0.15, -0.1) is 5.10 Å². The van der Waals surface area contributed by atoms with Gasteiger partial charge in [0.1, 0.15) is 0 Å². The highest BCUT2D eigenvalue weighted by atomic mass is 79.9. The first kappa shape index (κ1) is 14.5. The van der Waals surface area contributed by atoms with Gasteiger partial charge in [0.25, 0.3) is 0 Å². The van der Waals surface area contributed by atoms with Crippen LogP contribution in [0.2, 0.25) is 0 Å². The predicted molar refractivity (Wildman–Crippen MR) is 78.6 cm³/mol. The molecule has 1 amide bonds. The maximum absolute atomic E-state index is 11.8. The summed E-state index contributed by atoms with van der Waals surface area (Å²) in [6.07, 6.45) is 1.04. The molecule has 1 aromatic carbocycles. The van der Waals surface area contributed by atoms with Crippen LogP contribution in [-0.4, -0.2) is 27.7 Å². The number of H-pyrrole nitrogens is 1. The summed E-state index contributed by atoms with van der Waals surface area (Å²) in [6.45, 7) is 2.32. The number of rotatable bonds is 6. The van der Waals surface area contributed by atoms with Crippen molar-refractivity contribution in [1.29, 1.82) is 0 Å². The van der Waals surface area contributed by atoms with Crippen LogP contribution < -0.4 is 10.1 Å². The molecule has 0 aliphatic rings. The lowest BCUT2D eigenvalue weighted by Gasteiger charge is -2.02. The number of hydrogen-bond donors (Lipinski definition) is 2. The second kappa shape index (κ2) is 7.04. The number of halogens is 1. The third-order valence-electron chi connectivity index (χ3n) is 2.53. The fraction of sp³-hybridized carbons (Fsp3) is 0.308. The summed E-state index contributed by atoms with van der Waals surface area (Å²) >= 11 is 3.40. The van der Waals surface area contributed by atoms with Crippen LogP contribution in [0.4, 0.5) is 5.95 Å². The summed E-state index contributed by atoms with van der Waals surface area (Å²) < 4.78 is 6.11. The Morgan fingerprint density at radius 3 is 3.10 bits per heavy atom. The maximum atomic E-state index is 11.8. The summed E-state index contributed by atoms with van der Waals surface area (Å²) in [4.78, 5) is 15.8. The molecule has 1 heterocycles. The van der Waals surface area contributed by atoms with Gasteiger partial charge >= 0.3 is 6.01 Å². The van der Waals surface area contributed by atoms with E-state index >= 15 is 0 Å². The Bertz CT molecular complexity index is 585. The summed E-state index contributed by atoms with van der Waals surface area (Å²) in [5, 5.41) is 9.06. The van der Waals surface area contributed by atoms with Crippen molar-refractivity contribution in [1.82, 2.24) is 15.2 Å². The minimum absolute atomic E-state index is 0.121. The van der Waals surface area contributed by atoms with E-state index in [1.54, 1.807) is 0 Å². The fourth-order valence-electron chi connectivity index (χ4n) is 1.64. The molecule has 6 nitrogen and oxygen atoms in total. The molecule has 0 fully saturated rings. The zero-order valence-electron chi connectivity index (χ0n) is 11.0. The molecule has 0 atom stereocenters. The SMILES string of the molecule is CCOc1n[nH]c(NC(=O)CCc2cccc(Br)c2)n1. The number of amides is 1. The smallest absolute Gasteiger partial charge is 0.337 e. The first-order valence-electron chi connectivity index (χ1n) is 6.27. The predicted octanol–water partition coefficient (Wildman–Crippen LogP) is 2.54. The highest BCUT2D eigenvalue weighted by Crippen LogP contribution is 2.13. The monoisotopic (exact) mass is 338 g/mol. The van der Waals surface area contributed by atoms with E-state index in [4.69, 9.17) is 4.74 Å². The molecule has 0 saturated heterocycles. The number of aromatic amines is 1. The average Bonchev–Trinajstić information content (AvgIpc) is 2.84. The third-order valence-corrected chi connectivity index (χ3v) is 3.02. The van der Waals surface area contributed by atoms with E-state index in [1.807, 2.05) is 31.2 Å². The van der Waals surface area contributed by atoms with Crippen molar-refractivity contribution in [2.45, 2.75) is 19.8 Å². The van der Waals surface area contributed by atoms with Crippen molar-refractivity contribution < 1.29 is 9.53 Å². The molecular formula is C13H15BrN4O2. The van der Waals surface area contributed by atoms with Crippen molar-refractivity contribution >= 4 is 27.8 Å². The van der Waals surface area contributed by atoms with E-state index in [1.165, 1.54) is 0 Å². The van der Waals surface area contributed by atoms with Crippen LogP contribution in [0.1, 0.15) is 18.9 Å². The Morgan fingerprint density at radius 2 is 2.35 bits per heavy atom. The molecule has 0 spiro atoms. The van der Waals surface area contributed by atoms with E-state index in [0.29, 0.717) is 25.4 Å². The number of aromatic nitrogens is 3. The largest absolute Gasteiger partial charge is 0.463 e. The summed E-state index contributed by atoms with van der Waals surface area (Å²) in [7, 11) is 0. The second-order valence-electron chi connectivity index (χ2n) is 4.08. The first-order valence-corrected chi connectivity index (χ1v) is 7.06. The molecule has 0 unspecified atom stereocenters. The quantitative estimate of drug-likeness (QED) is 0.848. The van der Waals surface area contributed by atoms with Crippen LogP contribution >= 0.6 is 15.9 Å². The number of hydrogen-bond acceptors (Lipinski definition) is 4. The van der Waals surface area contributed by atoms with Gasteiger partial charge in [0, 0.05) is 10.9 Å². The minimum atomic E-state index is -0.121. The summed E-state index contributed by atoms with van der Waals surface area (Å²) in [5.74, 6) is 0.178. The molecule has 0 radical (unpaired) electrons. The maximum Gasteiger partial charge on any atom is 0.337 e. The Balaban J connectivity index is 1.82. The van der Waals surface area contributed by atoms with Crippen molar-refractivity contribution in [3.8, 4) is 6.01 Å². The molecule has 0 aliphatic carbocycles. The third kappa shape index (κ3) is 4.34. The highest BCUT2D eigenvalue weighted by molar-refractivity contribution is 9.10. The molecule has 0 bridgehead atoms. The van der Waals surface area contributed by atoms with Gasteiger partial charge in [-0.3, -0.25) is 10.1 Å². The molecule has 0 saturated carbocycles. The number of ether oxygens (including phenoxy) is 1. The highest BCUT2D eigenvalue weighted by Gasteiger charge is 2.08. The molecule has 0 aliphatic heterocycles. The lowest BCUT2D eigenvalue weighted by molar-refractivity contribution is -0.116. The van der Waals surface area contributed by atoms with E-state index in [-0.39, 0.29) is 11.9 Å². The van der Waals surface area contributed by atoms with Crippen LogP contribution in [0.15, 0.2) is 28.7 Å². The lowest BCUT2D eigenvalue weighted by Crippen LogP contribution is -2.13. The van der Waals surface area contributed by atoms with Crippen molar-refractivity contribution in [2.24, 2.45) is 0 Å². The van der Waals surface area contributed by atoms with Gasteiger partial charge in [0.05, 0.1) is 6.61 Å². The Kier molecular flexibility index (Phi) is 5.11. The second-order valence-corrected chi connectivity index (χ2v) is 4.99. The van der Waals surface area contributed by atoms with Crippen molar-refractivity contribution in [3.63, 3.8) is 0 Å². The summed E-state index contributed by atoms with van der Waals surface area (Å²) in [5.41, 5.74) is 1.10. The van der Waals surface area contributed by atoms with Crippen molar-refractivity contribution in [3.05, 3.63) is 34.3 Å². The molecule has 2 aromatic rings. The van der Waals surface area contributed by atoms with Gasteiger partial charge in [-0.1, -0.05) is 28.1 Å². The molecule has 2 N–H and O–H groups in total. The number of anilines is 1. The molecule has 20 heavy (non-hydrogen) atoms. The average molecular weight is 339 g/mol. The van der Waals surface area contributed by atoms with E-state index in [2.05, 4.69) is 36.4 Å².